The molecule has 3 fully saturated rings. The zero-order valence-corrected chi connectivity index (χ0v) is 72.1. The summed E-state index contributed by atoms with van der Waals surface area (Å²) in [5, 5.41) is 37.5. The maximum absolute atomic E-state index is 14.6. The molecule has 0 saturated carbocycles. The van der Waals surface area contributed by atoms with E-state index in [1.54, 1.807) is 78.1 Å². The molecule has 6 rings (SSSR count). The van der Waals surface area contributed by atoms with Gasteiger partial charge in [0.25, 0.3) is 11.8 Å². The summed E-state index contributed by atoms with van der Waals surface area (Å²) < 4.78 is 43.1. The van der Waals surface area contributed by atoms with Crippen LogP contribution in [-0.4, -0.2) is 252 Å². The van der Waals surface area contributed by atoms with Gasteiger partial charge < -0.3 is 89.6 Å². The number of carboxylic acid groups (broad SMARTS) is 2. The van der Waals surface area contributed by atoms with Crippen LogP contribution in [0.4, 0.5) is 17.1 Å². The summed E-state index contributed by atoms with van der Waals surface area (Å²) in [5.74, 6) is -17.4. The van der Waals surface area contributed by atoms with Crippen LogP contribution in [0.5, 0.6) is 0 Å². The highest BCUT2D eigenvalue weighted by atomic mass is 16.6. The number of ketones is 1. The van der Waals surface area contributed by atoms with E-state index in [-0.39, 0.29) is 133 Å². The zero-order chi connectivity index (χ0) is 88.5. The predicted molar refractivity (Wildman–Crippen MR) is 442 cm³/mol. The Morgan fingerprint density at radius 1 is 0.483 bits per heavy atom. The van der Waals surface area contributed by atoms with Gasteiger partial charge in [-0.25, -0.2) is 0 Å². The molecule has 0 bridgehead atoms. The van der Waals surface area contributed by atoms with Crippen LogP contribution in [0.25, 0.3) is 0 Å². The van der Waals surface area contributed by atoms with Crippen molar-refractivity contribution in [1.29, 1.82) is 0 Å². The topological polar surface area (TPSA) is 432 Å². The number of esters is 5. The number of rotatable bonds is 49. The van der Waals surface area contributed by atoms with Crippen molar-refractivity contribution in [2.45, 2.75) is 175 Å². The Labute approximate surface area is 695 Å². The SMILES string of the molecule is CCC(CC1C(=O)OC(=O)C1C)OC.CCO.CCOC(=O)C(C(CCC1C(=O)N(CCCNC(=O)c2ccc(N(C)C)cc2)C(=O)C1CC(CCC(C(=O)O)C(C(=O)NCCCNC(=O)c1ccc(N(C)C)cc1)C(CC)OC)OC)OC)C(CCC(CC1C(=O)OC(=O)C1C)OC)C(=O)O.CN(C)c1ccc(C(=O)CCCCN)cc1. The molecule has 0 aliphatic carbocycles. The minimum atomic E-state index is -1.43. The van der Waals surface area contributed by atoms with Gasteiger partial charge >= 0.3 is 41.8 Å². The Kier molecular flexibility index (Phi) is 47.1. The van der Waals surface area contributed by atoms with E-state index < -0.39 is 131 Å². The number of ether oxygens (including phenoxy) is 8. The van der Waals surface area contributed by atoms with Crippen LogP contribution >= 0.6 is 0 Å². The molecular formula is C86H132N8O24. The Hall–Kier alpha value is -9.31. The number of benzene rings is 3. The molecule has 0 spiro atoms. The van der Waals surface area contributed by atoms with Crippen molar-refractivity contribution in [2.24, 2.45) is 64.9 Å². The second-order valence-corrected chi connectivity index (χ2v) is 30.2. The highest BCUT2D eigenvalue weighted by Crippen LogP contribution is 2.39. The van der Waals surface area contributed by atoms with E-state index in [0.29, 0.717) is 43.4 Å². The molecule has 3 aliphatic heterocycles. The fourth-order valence-electron chi connectivity index (χ4n) is 14.5. The maximum atomic E-state index is 14.6. The number of carbonyl (C=O) groups excluding carboxylic acids is 11. The largest absolute Gasteiger partial charge is 0.481 e. The van der Waals surface area contributed by atoms with Crippen molar-refractivity contribution in [3.05, 3.63) is 89.5 Å². The molecule has 3 heterocycles. The van der Waals surface area contributed by atoms with E-state index in [4.69, 9.17) is 44.0 Å². The fourth-order valence-corrected chi connectivity index (χ4v) is 14.5. The molecule has 15 unspecified atom stereocenters. The van der Waals surface area contributed by atoms with E-state index >= 15 is 0 Å². The number of unbranched alkanes of at least 4 members (excludes halogenated alkanes) is 1. The first-order valence-corrected chi connectivity index (χ1v) is 40.8. The monoisotopic (exact) mass is 1660 g/mol. The molecule has 5 amide bonds. The van der Waals surface area contributed by atoms with E-state index in [1.165, 1.54) is 28.4 Å². The highest BCUT2D eigenvalue weighted by Gasteiger charge is 2.51. The highest BCUT2D eigenvalue weighted by molar-refractivity contribution is 6.05. The number of carbonyl (C=O) groups is 13. The average Bonchev–Trinajstić information content (AvgIpc) is 1.63. The third-order valence-corrected chi connectivity index (χ3v) is 21.8. The Morgan fingerprint density at radius 3 is 1.27 bits per heavy atom. The van der Waals surface area contributed by atoms with Crippen molar-refractivity contribution >= 4 is 94.2 Å². The van der Waals surface area contributed by atoms with Gasteiger partial charge in [0.15, 0.2) is 5.78 Å². The van der Waals surface area contributed by atoms with Gasteiger partial charge in [-0.2, -0.15) is 0 Å². The molecule has 660 valence electrons. The molecule has 3 aliphatic rings. The number of aliphatic carboxylic acids is 2. The lowest BCUT2D eigenvalue weighted by molar-refractivity contribution is -0.165. The number of Topliss-reactive ketones (excluding diaryl/α,β-unsaturated/α-hetero) is 1. The number of hydrogen-bond donors (Lipinski definition) is 7. The van der Waals surface area contributed by atoms with Gasteiger partial charge in [0, 0.05) is 151 Å². The molecule has 8 N–H and O–H groups in total. The Morgan fingerprint density at radius 2 is 0.890 bits per heavy atom. The van der Waals surface area contributed by atoms with E-state index in [9.17, 15) is 72.5 Å². The smallest absolute Gasteiger partial charge is 0.317 e. The second kappa shape index (κ2) is 54.0. The number of aliphatic hydroxyl groups excluding tert-OH is 1. The molecule has 3 aromatic rings. The molecule has 15 atom stereocenters. The Balaban J connectivity index is 0.000000893. The first kappa shape index (κ1) is 103. The molecule has 0 aromatic heterocycles. The van der Waals surface area contributed by atoms with Gasteiger partial charge in [0.1, 0.15) is 0 Å². The summed E-state index contributed by atoms with van der Waals surface area (Å²) in [7, 11) is 18.6. The first-order chi connectivity index (χ1) is 56.1. The van der Waals surface area contributed by atoms with E-state index in [0.717, 1.165) is 46.8 Å². The van der Waals surface area contributed by atoms with Crippen LogP contribution < -0.4 is 36.4 Å². The average molecular weight is 1660 g/mol. The molecule has 3 aromatic carbocycles. The van der Waals surface area contributed by atoms with Crippen molar-refractivity contribution < 1.29 is 116 Å². The normalized spacial score (nSPS) is 19.1. The number of cyclic esters (lactones) is 4. The molecule has 0 radical (unpaired) electrons. The number of aliphatic hydroxyl groups is 1. The van der Waals surface area contributed by atoms with Gasteiger partial charge in [0.2, 0.25) is 17.7 Å². The van der Waals surface area contributed by atoms with Crippen LogP contribution in [-0.2, 0) is 85.8 Å². The van der Waals surface area contributed by atoms with E-state index in [1.807, 2.05) is 100 Å². The number of carboxylic acids is 2. The summed E-state index contributed by atoms with van der Waals surface area (Å²) in [4.78, 5) is 175. The number of methoxy groups -OCH3 is 5. The number of imide groups is 1. The minimum Gasteiger partial charge on any atom is -0.481 e. The first-order valence-electron chi connectivity index (χ1n) is 40.8. The summed E-state index contributed by atoms with van der Waals surface area (Å²) in [6.07, 6.45) is 0.719. The van der Waals surface area contributed by atoms with Crippen molar-refractivity contribution in [1.82, 2.24) is 20.9 Å². The van der Waals surface area contributed by atoms with Crippen molar-refractivity contribution in [2.75, 3.05) is 138 Å². The molecule has 32 heteroatoms. The minimum absolute atomic E-state index is 0.0245. The lowest BCUT2D eigenvalue weighted by Crippen LogP contribution is -2.46. The predicted octanol–water partition coefficient (Wildman–Crippen LogP) is 7.80. The standard InChI is InChI=1S/C61H90N6O18.C13H20N2O.C10H16O4.C2H6O/c1-12-48(82-10)50(54(70)64-31-14-30-62-52(68)37-16-20-39(21-17-37)65(4)5)44(57(73)74)26-24-42(81-9)35-47-43(55(71)67(56(47)72)33-15-32-63-53(69)38-18-22-40(23-19-38)66(6)7)28-29-49(83-11)51(61(79)84-13-2)45(58(75)76)27-25-41(80-8)34-46-36(3)59(77)85-60(46)78;1-15(2)12-8-6-11(7-9-12)13(16)5-3-4-10-14;1-4-7(13-3)5-8-6(2)9(11)14-10(8)12;1-2-3/h16-23,36,41-51H,12-15,24-35H2,1-11H3,(H,62,68)(H,63,69)(H,64,70)(H,73,74)(H,75,76);6-9H,3-5,10,14H2,1-2H3;6-8H,4-5H2,1-3H3;3H,2H2,1H3. The maximum Gasteiger partial charge on any atom is 0.317 e. The summed E-state index contributed by atoms with van der Waals surface area (Å²) in [6, 6.07) is 21.8. The van der Waals surface area contributed by atoms with E-state index in [2.05, 4.69) is 20.7 Å². The Bertz CT molecular complexity index is 3650. The van der Waals surface area contributed by atoms with Gasteiger partial charge in [-0.05, 0) is 190 Å². The number of nitrogens with zero attached hydrogens (tertiary/aromatic N) is 4. The van der Waals surface area contributed by atoms with Crippen LogP contribution in [0.2, 0.25) is 0 Å². The third-order valence-electron chi connectivity index (χ3n) is 21.8. The van der Waals surface area contributed by atoms with Gasteiger partial charge in [0.05, 0.1) is 96.3 Å². The molecule has 3 saturated heterocycles. The lowest BCUT2D eigenvalue weighted by Gasteiger charge is -2.31. The number of anilines is 3. The fraction of sp³-hybridized carbons (Fsp3) is 0.640. The van der Waals surface area contributed by atoms with Gasteiger partial charge in [-0.15, -0.1) is 0 Å². The summed E-state index contributed by atoms with van der Waals surface area (Å²) >= 11 is 0. The van der Waals surface area contributed by atoms with Crippen LogP contribution in [0.15, 0.2) is 72.8 Å². The van der Waals surface area contributed by atoms with Crippen molar-refractivity contribution in [3.8, 4) is 0 Å². The number of nitrogens with two attached hydrogens (primary N) is 1. The second-order valence-electron chi connectivity index (χ2n) is 30.2. The van der Waals surface area contributed by atoms with Crippen LogP contribution in [0, 0.1) is 59.2 Å². The number of hydrogen-bond acceptors (Lipinski definition) is 26. The van der Waals surface area contributed by atoms with Crippen LogP contribution in [0.3, 0.4) is 0 Å². The number of amides is 5. The quantitative estimate of drug-likeness (QED) is 0.00707. The summed E-state index contributed by atoms with van der Waals surface area (Å²) in [6.45, 7) is 11.4. The van der Waals surface area contributed by atoms with Gasteiger partial charge in [-0.1, -0.05) is 27.7 Å². The van der Waals surface area contributed by atoms with Crippen LogP contribution in [0.1, 0.15) is 175 Å². The molecule has 32 nitrogen and oxygen atoms in total. The number of likely N-dealkylation sites (tertiary alicyclic amines) is 1. The zero-order valence-electron chi connectivity index (χ0n) is 72.1. The molecule has 118 heavy (non-hydrogen) atoms. The number of nitrogens with one attached hydrogen (secondary N) is 3. The van der Waals surface area contributed by atoms with Gasteiger partial charge in [-0.3, -0.25) is 67.2 Å². The third kappa shape index (κ3) is 32.1. The summed E-state index contributed by atoms with van der Waals surface area (Å²) in [5.41, 5.74) is 10.0. The van der Waals surface area contributed by atoms with Crippen molar-refractivity contribution in [3.63, 3.8) is 0 Å². The molecular weight excluding hydrogens is 1530 g/mol. The lowest BCUT2D eigenvalue weighted by atomic mass is 9.78.